The van der Waals surface area contributed by atoms with E-state index in [1.165, 1.54) is 12.0 Å². The van der Waals surface area contributed by atoms with Crippen molar-refractivity contribution in [3.63, 3.8) is 0 Å². The van der Waals surface area contributed by atoms with Gasteiger partial charge in [-0.2, -0.15) is 0 Å². The van der Waals surface area contributed by atoms with E-state index in [2.05, 4.69) is 31.3 Å². The van der Waals surface area contributed by atoms with Gasteiger partial charge in [0.25, 0.3) is 0 Å². The molecule has 1 aliphatic heterocycles. The van der Waals surface area contributed by atoms with Crippen molar-refractivity contribution in [2.75, 3.05) is 13.1 Å². The van der Waals surface area contributed by atoms with Crippen molar-refractivity contribution in [3.8, 4) is 0 Å². The Morgan fingerprint density at radius 2 is 2.12 bits per heavy atom. The standard InChI is InChI=1S/C14H20ClN/c1-11(2)7-14(9-16-10-14)8-12-4-3-5-13(15)6-12/h3-6,11,16H,7-10H2,1-2H3. The van der Waals surface area contributed by atoms with Crippen molar-refractivity contribution in [2.24, 2.45) is 11.3 Å². The zero-order chi connectivity index (χ0) is 11.6. The van der Waals surface area contributed by atoms with Crippen LogP contribution >= 0.6 is 11.6 Å². The molecule has 0 radical (unpaired) electrons. The lowest BCUT2D eigenvalue weighted by atomic mass is 9.71. The Morgan fingerprint density at radius 1 is 1.38 bits per heavy atom. The number of halogens is 1. The zero-order valence-corrected chi connectivity index (χ0v) is 10.8. The molecule has 2 rings (SSSR count). The molecule has 88 valence electrons. The first-order valence-corrected chi connectivity index (χ1v) is 6.43. The molecule has 0 spiro atoms. The molecule has 1 N–H and O–H groups in total. The highest BCUT2D eigenvalue weighted by atomic mass is 35.5. The Morgan fingerprint density at radius 3 is 2.62 bits per heavy atom. The van der Waals surface area contributed by atoms with Gasteiger partial charge in [0.15, 0.2) is 0 Å². The summed E-state index contributed by atoms with van der Waals surface area (Å²) in [6, 6.07) is 8.28. The number of nitrogens with one attached hydrogen (secondary N) is 1. The van der Waals surface area contributed by atoms with Crippen molar-refractivity contribution in [2.45, 2.75) is 26.7 Å². The average Bonchev–Trinajstić information content (AvgIpc) is 2.13. The summed E-state index contributed by atoms with van der Waals surface area (Å²) in [7, 11) is 0. The van der Waals surface area contributed by atoms with Gasteiger partial charge in [-0.05, 0) is 41.9 Å². The molecular weight excluding hydrogens is 218 g/mol. The van der Waals surface area contributed by atoms with E-state index in [0.717, 1.165) is 30.5 Å². The first-order chi connectivity index (χ1) is 7.60. The largest absolute Gasteiger partial charge is 0.316 e. The van der Waals surface area contributed by atoms with Gasteiger partial charge in [-0.15, -0.1) is 0 Å². The van der Waals surface area contributed by atoms with Gasteiger partial charge in [0.2, 0.25) is 0 Å². The van der Waals surface area contributed by atoms with E-state index in [4.69, 9.17) is 11.6 Å². The van der Waals surface area contributed by atoms with Crippen LogP contribution in [0.3, 0.4) is 0 Å². The van der Waals surface area contributed by atoms with Gasteiger partial charge in [0.05, 0.1) is 0 Å². The molecule has 0 atom stereocenters. The summed E-state index contributed by atoms with van der Waals surface area (Å²) in [5.41, 5.74) is 1.84. The molecular formula is C14H20ClN. The van der Waals surface area contributed by atoms with E-state index in [1.807, 2.05) is 12.1 Å². The molecule has 0 saturated carbocycles. The van der Waals surface area contributed by atoms with E-state index in [9.17, 15) is 0 Å². The molecule has 16 heavy (non-hydrogen) atoms. The molecule has 1 saturated heterocycles. The first kappa shape index (κ1) is 11.9. The predicted octanol–water partition coefficient (Wildman–Crippen LogP) is 3.52. The highest BCUT2D eigenvalue weighted by Gasteiger charge is 2.37. The van der Waals surface area contributed by atoms with Crippen molar-refractivity contribution < 1.29 is 0 Å². The van der Waals surface area contributed by atoms with Gasteiger partial charge < -0.3 is 5.32 Å². The summed E-state index contributed by atoms with van der Waals surface area (Å²) < 4.78 is 0. The van der Waals surface area contributed by atoms with Crippen LogP contribution in [0.1, 0.15) is 25.8 Å². The van der Waals surface area contributed by atoms with Crippen molar-refractivity contribution in [1.29, 1.82) is 0 Å². The fraction of sp³-hybridized carbons (Fsp3) is 0.571. The van der Waals surface area contributed by atoms with Crippen LogP contribution in [-0.4, -0.2) is 13.1 Å². The average molecular weight is 238 g/mol. The molecule has 0 unspecified atom stereocenters. The summed E-state index contributed by atoms with van der Waals surface area (Å²) in [6.07, 6.45) is 2.45. The lowest BCUT2D eigenvalue weighted by Crippen LogP contribution is -2.55. The predicted molar refractivity (Wildman–Crippen MR) is 69.9 cm³/mol. The van der Waals surface area contributed by atoms with Gasteiger partial charge >= 0.3 is 0 Å². The molecule has 0 aromatic heterocycles. The molecule has 1 nitrogen and oxygen atoms in total. The Hall–Kier alpha value is -0.530. The third-order valence-electron chi connectivity index (χ3n) is 3.31. The summed E-state index contributed by atoms with van der Waals surface area (Å²) in [5, 5.41) is 4.26. The summed E-state index contributed by atoms with van der Waals surface area (Å²) in [6.45, 7) is 6.91. The maximum absolute atomic E-state index is 6.03. The van der Waals surface area contributed by atoms with E-state index in [1.54, 1.807) is 0 Å². The van der Waals surface area contributed by atoms with Crippen LogP contribution in [0.5, 0.6) is 0 Å². The maximum Gasteiger partial charge on any atom is 0.0408 e. The molecule has 0 aliphatic carbocycles. The Kier molecular flexibility index (Phi) is 3.56. The number of hydrogen-bond acceptors (Lipinski definition) is 1. The number of rotatable bonds is 4. The van der Waals surface area contributed by atoms with E-state index in [-0.39, 0.29) is 0 Å². The van der Waals surface area contributed by atoms with Crippen molar-refractivity contribution in [3.05, 3.63) is 34.9 Å². The molecule has 1 fully saturated rings. The minimum Gasteiger partial charge on any atom is -0.316 e. The minimum absolute atomic E-state index is 0.471. The highest BCUT2D eigenvalue weighted by molar-refractivity contribution is 6.30. The van der Waals surface area contributed by atoms with Gasteiger partial charge in [-0.1, -0.05) is 37.6 Å². The maximum atomic E-state index is 6.03. The molecule has 1 aromatic carbocycles. The van der Waals surface area contributed by atoms with Gasteiger partial charge in [0, 0.05) is 18.1 Å². The van der Waals surface area contributed by atoms with Crippen LogP contribution in [0.25, 0.3) is 0 Å². The summed E-state index contributed by atoms with van der Waals surface area (Å²) >= 11 is 6.03. The fourth-order valence-electron chi connectivity index (χ4n) is 2.77. The van der Waals surface area contributed by atoms with Crippen molar-refractivity contribution >= 4 is 11.6 Å². The lowest BCUT2D eigenvalue weighted by molar-refractivity contribution is 0.131. The Balaban J connectivity index is 2.06. The molecule has 0 bridgehead atoms. The Labute approximate surface area is 103 Å². The smallest absolute Gasteiger partial charge is 0.0408 e. The molecule has 1 aromatic rings. The SMILES string of the molecule is CC(C)CC1(Cc2cccc(Cl)c2)CNC1. The highest BCUT2D eigenvalue weighted by Crippen LogP contribution is 2.34. The summed E-state index contributed by atoms with van der Waals surface area (Å²) in [5.74, 6) is 0.765. The van der Waals surface area contributed by atoms with Crippen LogP contribution in [0.15, 0.2) is 24.3 Å². The molecule has 2 heteroatoms. The van der Waals surface area contributed by atoms with Crippen LogP contribution in [0.2, 0.25) is 5.02 Å². The van der Waals surface area contributed by atoms with Gasteiger partial charge in [-0.25, -0.2) is 0 Å². The zero-order valence-electron chi connectivity index (χ0n) is 10.1. The quantitative estimate of drug-likeness (QED) is 0.845. The second-order valence-corrected chi connectivity index (χ2v) is 5.94. The summed E-state index contributed by atoms with van der Waals surface area (Å²) in [4.78, 5) is 0. The normalized spacial score (nSPS) is 18.5. The second kappa shape index (κ2) is 4.77. The molecule has 1 heterocycles. The fourth-order valence-corrected chi connectivity index (χ4v) is 2.98. The van der Waals surface area contributed by atoms with Crippen LogP contribution in [0, 0.1) is 11.3 Å². The lowest BCUT2D eigenvalue weighted by Gasteiger charge is -2.44. The van der Waals surface area contributed by atoms with E-state index in [0.29, 0.717) is 5.41 Å². The van der Waals surface area contributed by atoms with Gasteiger partial charge in [-0.3, -0.25) is 0 Å². The van der Waals surface area contributed by atoms with Crippen LogP contribution in [0.4, 0.5) is 0 Å². The minimum atomic E-state index is 0.471. The Bertz CT molecular complexity index is 356. The van der Waals surface area contributed by atoms with Crippen molar-refractivity contribution in [1.82, 2.24) is 5.32 Å². The second-order valence-electron chi connectivity index (χ2n) is 5.51. The van der Waals surface area contributed by atoms with Crippen LogP contribution in [-0.2, 0) is 6.42 Å². The van der Waals surface area contributed by atoms with E-state index >= 15 is 0 Å². The first-order valence-electron chi connectivity index (χ1n) is 6.05. The third kappa shape index (κ3) is 2.78. The topological polar surface area (TPSA) is 12.0 Å². The number of benzene rings is 1. The van der Waals surface area contributed by atoms with Gasteiger partial charge in [0.1, 0.15) is 0 Å². The molecule has 0 amide bonds. The third-order valence-corrected chi connectivity index (χ3v) is 3.54. The van der Waals surface area contributed by atoms with Crippen LogP contribution < -0.4 is 5.32 Å². The molecule has 1 aliphatic rings. The monoisotopic (exact) mass is 237 g/mol. The van der Waals surface area contributed by atoms with E-state index < -0.39 is 0 Å². The number of hydrogen-bond donors (Lipinski definition) is 1.